The van der Waals surface area contributed by atoms with Crippen LogP contribution in [0.4, 0.5) is 0 Å². The molecule has 186 valence electrons. The molecule has 7 heteroatoms. The number of pyridine rings is 1. The molecule has 3 fully saturated rings. The molecule has 0 aromatic carbocycles. The van der Waals surface area contributed by atoms with E-state index in [1.54, 1.807) is 0 Å². The first-order valence-electron chi connectivity index (χ1n) is 13.0. The molecule has 3 aliphatic heterocycles. The second kappa shape index (κ2) is 11.0. The Kier molecular flexibility index (Phi) is 7.56. The van der Waals surface area contributed by atoms with Crippen molar-refractivity contribution in [3.05, 3.63) is 65.6 Å². The van der Waals surface area contributed by atoms with E-state index in [0.29, 0.717) is 36.1 Å². The number of aromatic nitrogens is 3. The van der Waals surface area contributed by atoms with Crippen molar-refractivity contribution >= 4 is 0 Å². The van der Waals surface area contributed by atoms with E-state index >= 15 is 0 Å². The maximum atomic E-state index is 9.19. The van der Waals surface area contributed by atoms with E-state index in [1.807, 2.05) is 36.7 Å². The van der Waals surface area contributed by atoms with E-state index in [2.05, 4.69) is 35.1 Å². The molecule has 6 rings (SSSR count). The lowest BCUT2D eigenvalue weighted by molar-refractivity contribution is 0.0290. The van der Waals surface area contributed by atoms with Gasteiger partial charge in [0, 0.05) is 54.4 Å². The molecule has 2 bridgehead atoms. The number of aliphatic hydroxyl groups excluding tert-OH is 1. The van der Waals surface area contributed by atoms with Crippen molar-refractivity contribution in [1.29, 1.82) is 0 Å². The highest BCUT2D eigenvalue weighted by atomic mass is 16.4. The van der Waals surface area contributed by atoms with Crippen molar-refractivity contribution in [2.75, 3.05) is 19.6 Å². The minimum absolute atomic E-state index is 0.0511. The molecule has 2 N–H and O–H groups in total. The summed E-state index contributed by atoms with van der Waals surface area (Å²) in [6, 6.07) is 10.6. The van der Waals surface area contributed by atoms with Gasteiger partial charge < -0.3 is 14.8 Å². The third kappa shape index (κ3) is 5.63. The van der Waals surface area contributed by atoms with Crippen molar-refractivity contribution in [2.45, 2.75) is 64.6 Å². The molecular formula is C28H37N5O2. The van der Waals surface area contributed by atoms with Crippen LogP contribution in [0.15, 0.2) is 47.1 Å². The maximum Gasteiger partial charge on any atom is 0.159 e. The van der Waals surface area contributed by atoms with Gasteiger partial charge in [0.2, 0.25) is 0 Å². The van der Waals surface area contributed by atoms with E-state index < -0.39 is 0 Å². The molecule has 0 radical (unpaired) electrons. The number of hydrogen-bond donors (Lipinski definition) is 2. The summed E-state index contributed by atoms with van der Waals surface area (Å²) in [5.41, 5.74) is 3.41. The van der Waals surface area contributed by atoms with E-state index in [-0.39, 0.29) is 6.61 Å². The smallest absolute Gasteiger partial charge is 0.159 e. The lowest BCUT2D eigenvalue weighted by atomic mass is 9.74. The van der Waals surface area contributed by atoms with Crippen LogP contribution in [0, 0.1) is 11.8 Å². The summed E-state index contributed by atoms with van der Waals surface area (Å²) in [4.78, 5) is 16.9. The van der Waals surface area contributed by atoms with Gasteiger partial charge >= 0.3 is 0 Å². The van der Waals surface area contributed by atoms with Gasteiger partial charge in [0.05, 0.1) is 6.54 Å². The Bertz CT molecular complexity index is 1100. The van der Waals surface area contributed by atoms with Crippen LogP contribution in [0.3, 0.4) is 0 Å². The van der Waals surface area contributed by atoms with Gasteiger partial charge in [-0.2, -0.15) is 0 Å². The molecule has 3 unspecified atom stereocenters. The van der Waals surface area contributed by atoms with Gasteiger partial charge in [-0.15, -0.1) is 0 Å². The highest BCUT2D eigenvalue weighted by Gasteiger charge is 2.41. The maximum absolute atomic E-state index is 9.19. The first-order chi connectivity index (χ1) is 17.1. The average molecular weight is 476 g/mol. The SMILES string of the molecule is CCC(C)Cc1cc([C@@H]2CN3CCC2C[C@@H]3CNCc2ccc(CO)o2)nc(-c2ccncc2)n1. The van der Waals surface area contributed by atoms with Crippen LogP contribution < -0.4 is 5.32 Å². The molecule has 0 spiro atoms. The number of furan rings is 1. The zero-order chi connectivity index (χ0) is 24.2. The van der Waals surface area contributed by atoms with Crippen LogP contribution in [0.2, 0.25) is 0 Å². The van der Waals surface area contributed by atoms with Crippen LogP contribution >= 0.6 is 0 Å². The van der Waals surface area contributed by atoms with Crippen molar-refractivity contribution in [2.24, 2.45) is 11.8 Å². The van der Waals surface area contributed by atoms with Gasteiger partial charge in [-0.25, -0.2) is 9.97 Å². The van der Waals surface area contributed by atoms with Gasteiger partial charge in [0.1, 0.15) is 18.1 Å². The minimum Gasteiger partial charge on any atom is -0.462 e. The number of rotatable bonds is 10. The Balaban J connectivity index is 1.29. The van der Waals surface area contributed by atoms with E-state index in [0.717, 1.165) is 55.3 Å². The number of nitrogens with zero attached hydrogens (tertiary/aromatic N) is 4. The molecule has 0 aliphatic carbocycles. The molecular weight excluding hydrogens is 438 g/mol. The summed E-state index contributed by atoms with van der Waals surface area (Å²) in [5.74, 6) is 4.03. The summed E-state index contributed by atoms with van der Waals surface area (Å²) >= 11 is 0. The van der Waals surface area contributed by atoms with Gasteiger partial charge in [-0.05, 0) is 68.0 Å². The summed E-state index contributed by atoms with van der Waals surface area (Å²) in [5, 5.41) is 12.8. The fraction of sp³-hybridized carbons (Fsp3) is 0.536. The zero-order valence-corrected chi connectivity index (χ0v) is 20.9. The lowest BCUT2D eigenvalue weighted by Gasteiger charge is -2.50. The number of piperidine rings is 3. The highest BCUT2D eigenvalue weighted by Crippen LogP contribution is 2.41. The predicted molar refractivity (Wildman–Crippen MR) is 136 cm³/mol. The number of fused-ring (bicyclic) bond motifs is 3. The molecule has 5 atom stereocenters. The Morgan fingerprint density at radius 1 is 1.17 bits per heavy atom. The van der Waals surface area contributed by atoms with Crippen LogP contribution in [0.5, 0.6) is 0 Å². The molecule has 7 nitrogen and oxygen atoms in total. The average Bonchev–Trinajstić information content (AvgIpc) is 3.37. The van der Waals surface area contributed by atoms with Crippen LogP contribution in [0.25, 0.3) is 11.4 Å². The van der Waals surface area contributed by atoms with Crippen molar-refractivity contribution in [3.63, 3.8) is 0 Å². The molecule has 0 amide bonds. The third-order valence-corrected chi connectivity index (χ3v) is 7.80. The second-order valence-electron chi connectivity index (χ2n) is 10.3. The van der Waals surface area contributed by atoms with Crippen LogP contribution in [-0.4, -0.2) is 50.6 Å². The Morgan fingerprint density at radius 3 is 2.71 bits per heavy atom. The molecule has 3 aliphatic rings. The topological polar surface area (TPSA) is 87.3 Å². The quantitative estimate of drug-likeness (QED) is 0.455. The summed E-state index contributed by atoms with van der Waals surface area (Å²) in [6.07, 6.45) is 8.19. The number of nitrogens with one attached hydrogen (secondary N) is 1. The van der Waals surface area contributed by atoms with Gasteiger partial charge in [-0.1, -0.05) is 20.3 Å². The van der Waals surface area contributed by atoms with Crippen molar-refractivity contribution in [3.8, 4) is 11.4 Å². The van der Waals surface area contributed by atoms with Gasteiger partial charge in [0.25, 0.3) is 0 Å². The van der Waals surface area contributed by atoms with Crippen molar-refractivity contribution in [1.82, 2.24) is 25.2 Å². The number of aliphatic hydroxyl groups is 1. The van der Waals surface area contributed by atoms with Crippen LogP contribution in [-0.2, 0) is 19.6 Å². The number of hydrogen-bond acceptors (Lipinski definition) is 7. The standard InChI is InChI=1S/C28H37N5O2/c1-3-19(2)12-22-14-27(32-28(31-22)20-6-9-29-10-7-20)26-17-33-11-8-21(26)13-23(33)15-30-16-24-4-5-25(18-34)35-24/h4-7,9-10,14,19,21,23,26,30,34H,3,8,11-13,15-18H2,1-2H3/t19?,21?,23-,26-/m1/s1. The van der Waals surface area contributed by atoms with Gasteiger partial charge in [0.15, 0.2) is 5.82 Å². The van der Waals surface area contributed by atoms with E-state index in [4.69, 9.17) is 14.4 Å². The highest BCUT2D eigenvalue weighted by molar-refractivity contribution is 5.54. The normalized spacial score (nSPS) is 24.5. The summed E-state index contributed by atoms with van der Waals surface area (Å²) < 4.78 is 5.61. The molecule has 35 heavy (non-hydrogen) atoms. The minimum atomic E-state index is -0.0511. The molecule has 3 aromatic heterocycles. The Labute approximate surface area is 208 Å². The monoisotopic (exact) mass is 475 g/mol. The fourth-order valence-corrected chi connectivity index (χ4v) is 5.59. The fourth-order valence-electron chi connectivity index (χ4n) is 5.59. The molecule has 3 saturated heterocycles. The van der Waals surface area contributed by atoms with Gasteiger partial charge in [-0.3, -0.25) is 9.88 Å². The lowest BCUT2D eigenvalue weighted by Crippen LogP contribution is -2.55. The first-order valence-corrected chi connectivity index (χ1v) is 13.0. The molecule has 3 aromatic rings. The first kappa shape index (κ1) is 24.1. The van der Waals surface area contributed by atoms with Crippen LogP contribution in [0.1, 0.15) is 61.9 Å². The summed E-state index contributed by atoms with van der Waals surface area (Å²) in [7, 11) is 0. The van der Waals surface area contributed by atoms with Crippen molar-refractivity contribution < 1.29 is 9.52 Å². The zero-order valence-electron chi connectivity index (χ0n) is 20.9. The van der Waals surface area contributed by atoms with E-state index in [1.165, 1.54) is 18.5 Å². The second-order valence-corrected chi connectivity index (χ2v) is 10.3. The summed E-state index contributed by atoms with van der Waals surface area (Å²) in [6.45, 7) is 8.35. The largest absolute Gasteiger partial charge is 0.462 e. The van der Waals surface area contributed by atoms with E-state index in [9.17, 15) is 5.11 Å². The Hall–Kier alpha value is -2.61. The molecule has 0 saturated carbocycles. The third-order valence-electron chi connectivity index (χ3n) is 7.80. The Morgan fingerprint density at radius 2 is 2.00 bits per heavy atom. The predicted octanol–water partition coefficient (Wildman–Crippen LogP) is 4.18. The molecule has 6 heterocycles.